The third kappa shape index (κ3) is 4.57. The number of rotatable bonds is 5. The van der Waals surface area contributed by atoms with Gasteiger partial charge in [-0.3, -0.25) is 23.7 Å². The molecule has 4 rings (SSSR count). The average Bonchev–Trinajstić information content (AvgIpc) is 3.23. The van der Waals surface area contributed by atoms with Crippen molar-refractivity contribution in [3.63, 3.8) is 0 Å². The molecule has 0 bridgehead atoms. The number of thiazole rings is 1. The van der Waals surface area contributed by atoms with Gasteiger partial charge in [0.05, 0.1) is 11.6 Å². The predicted molar refractivity (Wildman–Crippen MR) is 115 cm³/mol. The van der Waals surface area contributed by atoms with Crippen LogP contribution >= 0.6 is 11.3 Å². The number of likely N-dealkylation sites (tertiary alicyclic amines) is 1. The second-order valence-electron chi connectivity index (χ2n) is 8.17. The Morgan fingerprint density at radius 1 is 1.17 bits per heavy atom. The molecular formula is C21H29N5O3S. The lowest BCUT2D eigenvalue weighted by molar-refractivity contribution is -0.142. The van der Waals surface area contributed by atoms with Gasteiger partial charge in [0.15, 0.2) is 4.96 Å². The van der Waals surface area contributed by atoms with Crippen LogP contribution in [0.3, 0.4) is 0 Å². The molecule has 0 radical (unpaired) electrons. The summed E-state index contributed by atoms with van der Waals surface area (Å²) in [6.07, 6.45) is 4.92. The van der Waals surface area contributed by atoms with E-state index in [9.17, 15) is 14.4 Å². The summed E-state index contributed by atoms with van der Waals surface area (Å²) in [6, 6.07) is 1.60. The first kappa shape index (κ1) is 21.0. The third-order valence-electron chi connectivity index (χ3n) is 6.01. The van der Waals surface area contributed by atoms with Gasteiger partial charge in [-0.15, -0.1) is 11.3 Å². The minimum atomic E-state index is -0.0749. The minimum Gasteiger partial charge on any atom is -0.342 e. The van der Waals surface area contributed by atoms with Gasteiger partial charge in [0, 0.05) is 69.9 Å². The number of piperazine rings is 1. The number of fused-ring (bicyclic) bond motifs is 1. The quantitative estimate of drug-likeness (QED) is 0.716. The largest absolute Gasteiger partial charge is 0.342 e. The molecule has 1 unspecified atom stereocenters. The molecule has 8 nitrogen and oxygen atoms in total. The zero-order chi connectivity index (χ0) is 21.1. The molecule has 0 aliphatic carbocycles. The summed E-state index contributed by atoms with van der Waals surface area (Å²) in [7, 11) is 0. The Bertz CT molecular complexity index is 963. The van der Waals surface area contributed by atoms with Gasteiger partial charge < -0.3 is 9.80 Å². The molecule has 30 heavy (non-hydrogen) atoms. The van der Waals surface area contributed by atoms with Crippen molar-refractivity contribution in [3.05, 3.63) is 33.7 Å². The van der Waals surface area contributed by atoms with Gasteiger partial charge in [0.1, 0.15) is 0 Å². The topological polar surface area (TPSA) is 78.2 Å². The van der Waals surface area contributed by atoms with Crippen molar-refractivity contribution in [2.45, 2.75) is 39.2 Å². The van der Waals surface area contributed by atoms with Crippen molar-refractivity contribution < 1.29 is 9.59 Å². The first-order valence-electron chi connectivity index (χ1n) is 10.8. The van der Waals surface area contributed by atoms with Gasteiger partial charge in [0.2, 0.25) is 11.8 Å². The summed E-state index contributed by atoms with van der Waals surface area (Å²) in [5.41, 5.74) is 0.726. The lowest BCUT2D eigenvalue weighted by Crippen LogP contribution is -2.52. The van der Waals surface area contributed by atoms with Crippen LogP contribution in [0.15, 0.2) is 22.4 Å². The maximum atomic E-state index is 13.0. The SMILES string of the molecule is CCCC(=O)N1CCCC(C(=O)N2CCN(Cc3cc(=O)n4ccsc4n3)CC2)C1. The van der Waals surface area contributed by atoms with E-state index < -0.39 is 0 Å². The molecular weight excluding hydrogens is 402 g/mol. The molecule has 0 saturated carbocycles. The number of carbonyl (C=O) groups is 2. The van der Waals surface area contributed by atoms with Crippen LogP contribution in [0.1, 0.15) is 38.3 Å². The normalized spacial score (nSPS) is 20.6. The number of carbonyl (C=O) groups excluding carboxylic acids is 2. The van der Waals surface area contributed by atoms with Crippen LogP contribution in [0.5, 0.6) is 0 Å². The van der Waals surface area contributed by atoms with Crippen molar-refractivity contribution in [3.8, 4) is 0 Å². The molecule has 4 heterocycles. The van der Waals surface area contributed by atoms with Crippen LogP contribution in [0.4, 0.5) is 0 Å². The van der Waals surface area contributed by atoms with Crippen LogP contribution in [0, 0.1) is 5.92 Å². The zero-order valence-electron chi connectivity index (χ0n) is 17.5. The number of aromatic nitrogens is 2. The molecule has 2 aliphatic heterocycles. The van der Waals surface area contributed by atoms with Gasteiger partial charge in [-0.2, -0.15) is 0 Å². The molecule has 2 aromatic rings. The average molecular weight is 432 g/mol. The molecule has 0 N–H and O–H groups in total. The molecule has 2 amide bonds. The van der Waals surface area contributed by atoms with Crippen molar-refractivity contribution in [2.75, 3.05) is 39.3 Å². The van der Waals surface area contributed by atoms with E-state index in [0.29, 0.717) is 37.6 Å². The van der Waals surface area contributed by atoms with Crippen molar-refractivity contribution >= 4 is 28.1 Å². The number of piperidine rings is 1. The van der Waals surface area contributed by atoms with E-state index >= 15 is 0 Å². The van der Waals surface area contributed by atoms with Gasteiger partial charge in [-0.1, -0.05) is 6.92 Å². The minimum absolute atomic E-state index is 0.0514. The fourth-order valence-corrected chi connectivity index (χ4v) is 5.10. The van der Waals surface area contributed by atoms with Crippen molar-refractivity contribution in [2.24, 2.45) is 5.92 Å². The van der Waals surface area contributed by atoms with Crippen molar-refractivity contribution in [1.29, 1.82) is 0 Å². The van der Waals surface area contributed by atoms with E-state index in [2.05, 4.69) is 9.88 Å². The Kier molecular flexibility index (Phi) is 6.48. The van der Waals surface area contributed by atoms with E-state index in [4.69, 9.17) is 0 Å². The number of amides is 2. The summed E-state index contributed by atoms with van der Waals surface area (Å²) in [4.78, 5) is 48.8. The maximum absolute atomic E-state index is 13.0. The lowest BCUT2D eigenvalue weighted by atomic mass is 9.95. The molecule has 2 fully saturated rings. The van der Waals surface area contributed by atoms with Gasteiger partial charge in [0.25, 0.3) is 5.56 Å². The molecule has 162 valence electrons. The van der Waals surface area contributed by atoms with Gasteiger partial charge >= 0.3 is 0 Å². The second-order valence-corrected chi connectivity index (χ2v) is 9.04. The van der Waals surface area contributed by atoms with E-state index in [1.54, 1.807) is 16.7 Å². The predicted octanol–water partition coefficient (Wildman–Crippen LogP) is 1.44. The Balaban J connectivity index is 1.31. The Morgan fingerprint density at radius 2 is 1.97 bits per heavy atom. The first-order valence-corrected chi connectivity index (χ1v) is 11.7. The highest BCUT2D eigenvalue weighted by Gasteiger charge is 2.32. The van der Waals surface area contributed by atoms with E-state index in [0.717, 1.165) is 44.6 Å². The molecule has 1 atom stereocenters. The monoisotopic (exact) mass is 431 g/mol. The van der Waals surface area contributed by atoms with E-state index in [-0.39, 0.29) is 23.3 Å². The smallest absolute Gasteiger partial charge is 0.258 e. The van der Waals surface area contributed by atoms with Crippen LogP contribution in [0.25, 0.3) is 4.96 Å². The van der Waals surface area contributed by atoms with E-state index in [1.165, 1.54) is 11.3 Å². The summed E-state index contributed by atoms with van der Waals surface area (Å²) >= 11 is 1.46. The Hall–Kier alpha value is -2.26. The number of hydrogen-bond acceptors (Lipinski definition) is 6. The van der Waals surface area contributed by atoms with E-state index in [1.807, 2.05) is 22.1 Å². The summed E-state index contributed by atoms with van der Waals surface area (Å²) in [5, 5.41) is 1.86. The van der Waals surface area contributed by atoms with Gasteiger partial charge in [-0.25, -0.2) is 4.98 Å². The third-order valence-corrected chi connectivity index (χ3v) is 6.77. The van der Waals surface area contributed by atoms with Crippen LogP contribution in [0.2, 0.25) is 0 Å². The molecule has 0 aromatic carbocycles. The Morgan fingerprint density at radius 3 is 2.73 bits per heavy atom. The lowest BCUT2D eigenvalue weighted by Gasteiger charge is -2.39. The van der Waals surface area contributed by atoms with Crippen LogP contribution in [-0.2, 0) is 16.1 Å². The fourth-order valence-electron chi connectivity index (χ4n) is 4.36. The van der Waals surface area contributed by atoms with Crippen molar-refractivity contribution in [1.82, 2.24) is 24.1 Å². The Labute approximate surface area is 180 Å². The summed E-state index contributed by atoms with van der Waals surface area (Å²) in [6.45, 7) is 6.86. The fraction of sp³-hybridized carbons (Fsp3) is 0.619. The molecule has 0 spiro atoms. The summed E-state index contributed by atoms with van der Waals surface area (Å²) in [5.74, 6) is 0.278. The maximum Gasteiger partial charge on any atom is 0.258 e. The first-order chi connectivity index (χ1) is 14.5. The number of nitrogens with zero attached hydrogens (tertiary/aromatic N) is 5. The molecule has 2 aliphatic rings. The standard InChI is InChI=1S/C21H29N5O3S/c1-2-4-18(27)25-6-3-5-16(14-25)20(29)24-9-7-23(8-10-24)15-17-13-19(28)26-11-12-30-21(26)22-17/h11-13,16H,2-10,14-15H2,1H3. The molecule has 2 aromatic heterocycles. The van der Waals surface area contributed by atoms with Crippen LogP contribution in [-0.4, -0.2) is 75.2 Å². The highest BCUT2D eigenvalue weighted by molar-refractivity contribution is 7.15. The van der Waals surface area contributed by atoms with Crippen LogP contribution < -0.4 is 5.56 Å². The highest BCUT2D eigenvalue weighted by atomic mass is 32.1. The second kappa shape index (κ2) is 9.26. The zero-order valence-corrected chi connectivity index (χ0v) is 18.3. The number of hydrogen-bond donors (Lipinski definition) is 0. The summed E-state index contributed by atoms with van der Waals surface area (Å²) < 4.78 is 1.56. The molecule has 9 heteroatoms. The highest BCUT2D eigenvalue weighted by Crippen LogP contribution is 2.21. The van der Waals surface area contributed by atoms with Gasteiger partial charge in [-0.05, 0) is 19.3 Å². The molecule has 2 saturated heterocycles.